The molecule has 1 aliphatic heterocycles. The van der Waals surface area contributed by atoms with Crippen LogP contribution in [0.2, 0.25) is 0 Å². The summed E-state index contributed by atoms with van der Waals surface area (Å²) in [6.07, 6.45) is 5.64. The van der Waals surface area contributed by atoms with E-state index in [1.165, 1.54) is 0 Å². The lowest BCUT2D eigenvalue weighted by Gasteiger charge is -2.30. The van der Waals surface area contributed by atoms with Crippen molar-refractivity contribution in [3.63, 3.8) is 0 Å². The first-order chi connectivity index (χ1) is 10.8. The smallest absolute Gasteiger partial charge is 0.177 e. The topological polar surface area (TPSA) is 72.4 Å². The summed E-state index contributed by atoms with van der Waals surface area (Å²) in [4.78, 5) is 2.42. The highest BCUT2D eigenvalue weighted by Gasteiger charge is 2.25. The first-order valence-corrected chi connectivity index (χ1v) is 7.59. The molecule has 0 bridgehead atoms. The van der Waals surface area contributed by atoms with Crippen molar-refractivity contribution in [2.24, 2.45) is 0 Å². The van der Waals surface area contributed by atoms with E-state index in [1.54, 1.807) is 12.5 Å². The van der Waals surface area contributed by atoms with Gasteiger partial charge in [-0.25, -0.2) is 0 Å². The van der Waals surface area contributed by atoms with E-state index in [1.807, 2.05) is 23.6 Å². The predicted octanol–water partition coefficient (Wildman–Crippen LogP) is 1.80. The molecule has 22 heavy (non-hydrogen) atoms. The molecule has 1 fully saturated rings. The Morgan fingerprint density at radius 3 is 2.86 bits per heavy atom. The van der Waals surface area contributed by atoms with Gasteiger partial charge in [0.1, 0.15) is 6.26 Å². The van der Waals surface area contributed by atoms with Crippen LogP contribution < -0.4 is 0 Å². The summed E-state index contributed by atoms with van der Waals surface area (Å²) in [5.41, 5.74) is 2.94. The van der Waals surface area contributed by atoms with Crippen molar-refractivity contribution in [1.29, 1.82) is 0 Å². The third kappa shape index (κ3) is 2.48. The minimum absolute atomic E-state index is 0.419. The number of hydrogen-bond donors (Lipinski definition) is 0. The Morgan fingerprint density at radius 1 is 1.23 bits per heavy atom. The molecule has 0 N–H and O–H groups in total. The average Bonchev–Trinajstić information content (AvgIpc) is 3.17. The molecule has 0 amide bonds. The average molecular weight is 298 g/mol. The predicted molar refractivity (Wildman–Crippen MR) is 79.3 cm³/mol. The third-order valence-electron chi connectivity index (χ3n) is 4.26. The van der Waals surface area contributed by atoms with Crippen LogP contribution in [0.5, 0.6) is 0 Å². The van der Waals surface area contributed by atoms with Gasteiger partial charge in [-0.1, -0.05) is 5.16 Å². The molecule has 0 unspecified atom stereocenters. The zero-order valence-electron chi connectivity index (χ0n) is 12.5. The van der Waals surface area contributed by atoms with Gasteiger partial charge in [-0.3, -0.25) is 4.90 Å². The Hall–Kier alpha value is -2.28. The number of aryl methyl sites for hydroxylation is 1. The van der Waals surface area contributed by atoms with E-state index in [4.69, 9.17) is 4.52 Å². The van der Waals surface area contributed by atoms with Gasteiger partial charge in [0.15, 0.2) is 11.5 Å². The summed E-state index contributed by atoms with van der Waals surface area (Å²) in [7, 11) is 0. The highest BCUT2D eigenvalue weighted by Crippen LogP contribution is 2.27. The maximum atomic E-state index is 4.89. The molecule has 0 atom stereocenters. The van der Waals surface area contributed by atoms with Crippen LogP contribution in [0.1, 0.15) is 35.8 Å². The molecule has 7 nitrogen and oxygen atoms in total. The van der Waals surface area contributed by atoms with E-state index < -0.39 is 0 Å². The summed E-state index contributed by atoms with van der Waals surface area (Å²) >= 11 is 0. The van der Waals surface area contributed by atoms with Gasteiger partial charge in [-0.15, -0.1) is 10.2 Å². The normalized spacial score (nSPS) is 17.3. The van der Waals surface area contributed by atoms with Gasteiger partial charge in [0.05, 0.1) is 11.9 Å². The first-order valence-electron chi connectivity index (χ1n) is 7.59. The number of fused-ring (bicyclic) bond motifs is 1. The van der Waals surface area contributed by atoms with Crippen molar-refractivity contribution in [3.8, 4) is 0 Å². The minimum Gasteiger partial charge on any atom is -0.364 e. The Morgan fingerprint density at radius 2 is 2.09 bits per heavy atom. The quantitative estimate of drug-likeness (QED) is 0.734. The third-order valence-corrected chi connectivity index (χ3v) is 4.26. The molecule has 3 aromatic heterocycles. The van der Waals surface area contributed by atoms with E-state index in [2.05, 4.69) is 25.4 Å². The molecule has 0 aliphatic carbocycles. The molecule has 0 saturated carbocycles. The van der Waals surface area contributed by atoms with Crippen molar-refractivity contribution in [3.05, 3.63) is 41.7 Å². The minimum atomic E-state index is 0.419. The molecule has 4 rings (SSSR count). The number of likely N-dealkylation sites (tertiary alicyclic amines) is 1. The van der Waals surface area contributed by atoms with E-state index in [9.17, 15) is 0 Å². The van der Waals surface area contributed by atoms with Crippen molar-refractivity contribution in [1.82, 2.24) is 29.9 Å². The Labute approximate surface area is 127 Å². The van der Waals surface area contributed by atoms with Crippen molar-refractivity contribution < 1.29 is 4.52 Å². The highest BCUT2D eigenvalue weighted by molar-refractivity contribution is 5.36. The van der Waals surface area contributed by atoms with Crippen LogP contribution in [0.4, 0.5) is 0 Å². The van der Waals surface area contributed by atoms with Gasteiger partial charge in [0.2, 0.25) is 0 Å². The highest BCUT2D eigenvalue weighted by atomic mass is 16.5. The number of rotatable bonds is 3. The van der Waals surface area contributed by atoms with Gasteiger partial charge in [-0.05, 0) is 45.0 Å². The molecule has 3 aromatic rings. The van der Waals surface area contributed by atoms with Crippen LogP contribution in [0.15, 0.2) is 29.1 Å². The molecule has 1 saturated heterocycles. The second-order valence-electron chi connectivity index (χ2n) is 5.89. The second kappa shape index (κ2) is 5.49. The van der Waals surface area contributed by atoms with E-state index in [0.717, 1.165) is 55.2 Å². The van der Waals surface area contributed by atoms with Crippen LogP contribution in [0, 0.1) is 6.92 Å². The van der Waals surface area contributed by atoms with E-state index >= 15 is 0 Å². The lowest BCUT2D eigenvalue weighted by molar-refractivity contribution is 0.200. The molecular formula is C15H18N6O. The summed E-state index contributed by atoms with van der Waals surface area (Å²) in [6.45, 7) is 4.96. The molecule has 4 heterocycles. The molecule has 114 valence electrons. The molecule has 0 aromatic carbocycles. The van der Waals surface area contributed by atoms with Crippen LogP contribution >= 0.6 is 0 Å². The SMILES string of the molecule is Cc1ccc2nnc(C3CCN(Cc4cnoc4)CC3)n2n1. The molecule has 7 heteroatoms. The van der Waals surface area contributed by atoms with Crippen molar-refractivity contribution >= 4 is 5.65 Å². The monoisotopic (exact) mass is 298 g/mol. The van der Waals surface area contributed by atoms with Crippen molar-refractivity contribution in [2.75, 3.05) is 13.1 Å². The summed E-state index contributed by atoms with van der Waals surface area (Å²) in [5, 5.41) is 16.9. The fraction of sp³-hybridized carbons (Fsp3) is 0.467. The zero-order chi connectivity index (χ0) is 14.9. The summed E-state index contributed by atoms with van der Waals surface area (Å²) in [5.74, 6) is 1.41. The maximum absolute atomic E-state index is 4.89. The van der Waals surface area contributed by atoms with Crippen LogP contribution in [-0.2, 0) is 6.54 Å². The number of aromatic nitrogens is 5. The summed E-state index contributed by atoms with van der Waals surface area (Å²) in [6, 6.07) is 3.94. The van der Waals surface area contributed by atoms with Gasteiger partial charge < -0.3 is 4.52 Å². The van der Waals surface area contributed by atoms with Gasteiger partial charge >= 0.3 is 0 Å². The van der Waals surface area contributed by atoms with E-state index in [0.29, 0.717) is 5.92 Å². The molecule has 0 spiro atoms. The van der Waals surface area contributed by atoms with Gasteiger partial charge in [-0.2, -0.15) is 9.61 Å². The number of hydrogen-bond acceptors (Lipinski definition) is 6. The number of nitrogens with zero attached hydrogens (tertiary/aromatic N) is 6. The first kappa shape index (κ1) is 13.4. The largest absolute Gasteiger partial charge is 0.364 e. The van der Waals surface area contributed by atoms with Crippen LogP contribution in [0.25, 0.3) is 5.65 Å². The number of piperidine rings is 1. The van der Waals surface area contributed by atoms with Crippen LogP contribution in [-0.4, -0.2) is 43.0 Å². The molecular weight excluding hydrogens is 280 g/mol. The molecule has 1 aliphatic rings. The fourth-order valence-electron chi connectivity index (χ4n) is 3.06. The Balaban J connectivity index is 1.47. The van der Waals surface area contributed by atoms with Crippen molar-refractivity contribution in [2.45, 2.75) is 32.2 Å². The van der Waals surface area contributed by atoms with Gasteiger partial charge in [0, 0.05) is 18.0 Å². The standard InChI is InChI=1S/C15H18N6O/c1-11-2-3-14-17-18-15(21(14)19-11)13-4-6-20(7-5-13)9-12-8-16-22-10-12/h2-3,8,10,13H,4-7,9H2,1H3. The van der Waals surface area contributed by atoms with E-state index in [-0.39, 0.29) is 0 Å². The Bertz CT molecular complexity index is 758. The van der Waals surface area contributed by atoms with Gasteiger partial charge in [0.25, 0.3) is 0 Å². The van der Waals surface area contributed by atoms with Crippen LogP contribution in [0.3, 0.4) is 0 Å². The summed E-state index contributed by atoms with van der Waals surface area (Å²) < 4.78 is 6.79. The maximum Gasteiger partial charge on any atom is 0.177 e. The second-order valence-corrected chi connectivity index (χ2v) is 5.89. The fourth-order valence-corrected chi connectivity index (χ4v) is 3.06. The lowest BCUT2D eigenvalue weighted by atomic mass is 9.96. The Kier molecular flexibility index (Phi) is 3.34. The lowest BCUT2D eigenvalue weighted by Crippen LogP contribution is -2.33. The zero-order valence-corrected chi connectivity index (χ0v) is 12.5. The molecule has 0 radical (unpaired) electrons.